The molecule has 1 aromatic heterocycles. The lowest BCUT2D eigenvalue weighted by Gasteiger charge is -2.11. The SMILES string of the molecule is COc1cnc2cc(Br)c(CC(C(=O)O)C(=O)O)cc2c1. The van der Waals surface area contributed by atoms with Gasteiger partial charge in [-0.05, 0) is 30.2 Å². The van der Waals surface area contributed by atoms with Crippen LogP contribution in [0.4, 0.5) is 0 Å². The normalized spacial score (nSPS) is 10.8. The number of carboxylic acids is 2. The van der Waals surface area contributed by atoms with Crippen LogP contribution in [0.3, 0.4) is 0 Å². The molecular weight excluding hydrogens is 342 g/mol. The highest BCUT2D eigenvalue weighted by Crippen LogP contribution is 2.27. The summed E-state index contributed by atoms with van der Waals surface area (Å²) in [6.45, 7) is 0. The third-order valence-electron chi connectivity index (χ3n) is 3.08. The number of ether oxygens (including phenoxy) is 1. The standard InChI is InChI=1S/C14H12BrNO5/c1-21-9-3-8-2-7(4-10(13(17)18)14(19)20)11(15)5-12(8)16-6-9/h2-3,5-6,10H,4H2,1H3,(H,17,18)(H,19,20). The van der Waals surface area contributed by atoms with Crippen LogP contribution in [0.25, 0.3) is 10.9 Å². The van der Waals surface area contributed by atoms with Crippen LogP contribution >= 0.6 is 15.9 Å². The lowest BCUT2D eigenvalue weighted by Crippen LogP contribution is -2.25. The van der Waals surface area contributed by atoms with Crippen LogP contribution in [-0.4, -0.2) is 34.2 Å². The summed E-state index contributed by atoms with van der Waals surface area (Å²) in [6.07, 6.45) is 1.46. The Kier molecular flexibility index (Phi) is 4.42. The van der Waals surface area contributed by atoms with Crippen molar-refractivity contribution >= 4 is 38.8 Å². The molecule has 0 aliphatic heterocycles. The smallest absolute Gasteiger partial charge is 0.318 e. The van der Waals surface area contributed by atoms with Crippen LogP contribution in [0.2, 0.25) is 0 Å². The van der Waals surface area contributed by atoms with Gasteiger partial charge in [-0.3, -0.25) is 14.6 Å². The van der Waals surface area contributed by atoms with Gasteiger partial charge in [0.2, 0.25) is 0 Å². The van der Waals surface area contributed by atoms with E-state index in [4.69, 9.17) is 14.9 Å². The molecular formula is C14H12BrNO5. The molecule has 0 amide bonds. The number of methoxy groups -OCH3 is 1. The van der Waals surface area contributed by atoms with E-state index in [0.717, 1.165) is 5.39 Å². The molecule has 0 aliphatic carbocycles. The number of aromatic nitrogens is 1. The number of aliphatic carboxylic acids is 2. The third kappa shape index (κ3) is 3.30. The molecule has 7 heteroatoms. The van der Waals surface area contributed by atoms with Crippen LogP contribution < -0.4 is 4.74 Å². The van der Waals surface area contributed by atoms with E-state index in [9.17, 15) is 9.59 Å². The van der Waals surface area contributed by atoms with Crippen LogP contribution in [0.1, 0.15) is 5.56 Å². The predicted octanol–water partition coefficient (Wildman–Crippen LogP) is 2.33. The average molecular weight is 354 g/mol. The summed E-state index contributed by atoms with van der Waals surface area (Å²) < 4.78 is 5.71. The van der Waals surface area contributed by atoms with E-state index in [2.05, 4.69) is 20.9 Å². The molecule has 0 bridgehead atoms. The largest absolute Gasteiger partial charge is 0.495 e. The Hall–Kier alpha value is -2.15. The molecule has 0 saturated heterocycles. The summed E-state index contributed by atoms with van der Waals surface area (Å²) in [6, 6.07) is 5.20. The van der Waals surface area contributed by atoms with E-state index in [0.29, 0.717) is 21.3 Å². The Morgan fingerprint density at radius 3 is 2.52 bits per heavy atom. The quantitative estimate of drug-likeness (QED) is 0.800. The molecule has 0 saturated carbocycles. The molecule has 0 aliphatic rings. The van der Waals surface area contributed by atoms with Crippen molar-refractivity contribution < 1.29 is 24.5 Å². The lowest BCUT2D eigenvalue weighted by atomic mass is 9.98. The molecule has 1 aromatic carbocycles. The maximum atomic E-state index is 11.0. The highest BCUT2D eigenvalue weighted by atomic mass is 79.9. The fourth-order valence-corrected chi connectivity index (χ4v) is 2.44. The second kappa shape index (κ2) is 6.09. The van der Waals surface area contributed by atoms with Gasteiger partial charge in [-0.15, -0.1) is 0 Å². The minimum absolute atomic E-state index is 0.113. The molecule has 0 radical (unpaired) electrons. The Balaban J connectivity index is 2.45. The van der Waals surface area contributed by atoms with Crippen LogP contribution in [0, 0.1) is 5.92 Å². The van der Waals surface area contributed by atoms with E-state index in [1.807, 2.05) is 0 Å². The van der Waals surface area contributed by atoms with Gasteiger partial charge in [0.1, 0.15) is 5.75 Å². The second-order valence-corrected chi connectivity index (χ2v) is 5.30. The molecule has 21 heavy (non-hydrogen) atoms. The first kappa shape index (κ1) is 15.2. The van der Waals surface area contributed by atoms with Crippen molar-refractivity contribution in [1.82, 2.24) is 4.98 Å². The van der Waals surface area contributed by atoms with Crippen LogP contribution in [0.5, 0.6) is 5.75 Å². The molecule has 2 rings (SSSR count). The van der Waals surface area contributed by atoms with Gasteiger partial charge >= 0.3 is 11.9 Å². The number of pyridine rings is 1. The van der Waals surface area contributed by atoms with Crippen molar-refractivity contribution in [2.75, 3.05) is 7.11 Å². The molecule has 0 fully saturated rings. The number of fused-ring (bicyclic) bond motifs is 1. The maximum Gasteiger partial charge on any atom is 0.318 e. The molecule has 0 atom stereocenters. The number of carboxylic acid groups (broad SMARTS) is 2. The van der Waals surface area contributed by atoms with Crippen molar-refractivity contribution in [3.05, 3.63) is 34.4 Å². The summed E-state index contributed by atoms with van der Waals surface area (Å²) in [5, 5.41) is 18.7. The molecule has 2 N–H and O–H groups in total. The van der Waals surface area contributed by atoms with Gasteiger partial charge in [-0.2, -0.15) is 0 Å². The van der Waals surface area contributed by atoms with Crippen molar-refractivity contribution in [2.24, 2.45) is 5.92 Å². The van der Waals surface area contributed by atoms with Gasteiger partial charge in [-0.25, -0.2) is 0 Å². The third-order valence-corrected chi connectivity index (χ3v) is 3.82. The van der Waals surface area contributed by atoms with E-state index in [1.54, 1.807) is 24.4 Å². The molecule has 1 heterocycles. The zero-order valence-corrected chi connectivity index (χ0v) is 12.6. The summed E-state index contributed by atoms with van der Waals surface area (Å²) in [4.78, 5) is 26.2. The number of hydrogen-bond donors (Lipinski definition) is 2. The van der Waals surface area contributed by atoms with E-state index in [-0.39, 0.29) is 6.42 Å². The lowest BCUT2D eigenvalue weighted by molar-refractivity contribution is -0.154. The summed E-state index contributed by atoms with van der Waals surface area (Å²) in [5.74, 6) is -3.64. The molecule has 0 unspecified atom stereocenters. The van der Waals surface area contributed by atoms with Gasteiger partial charge in [-0.1, -0.05) is 15.9 Å². The monoisotopic (exact) mass is 353 g/mol. The fourth-order valence-electron chi connectivity index (χ4n) is 1.95. The van der Waals surface area contributed by atoms with Gasteiger partial charge in [0.25, 0.3) is 0 Å². The van der Waals surface area contributed by atoms with Crippen molar-refractivity contribution in [2.45, 2.75) is 6.42 Å². The maximum absolute atomic E-state index is 11.0. The van der Waals surface area contributed by atoms with Crippen molar-refractivity contribution in [3.8, 4) is 5.75 Å². The van der Waals surface area contributed by atoms with Gasteiger partial charge < -0.3 is 14.9 Å². The first-order valence-electron chi connectivity index (χ1n) is 6.00. The summed E-state index contributed by atoms with van der Waals surface area (Å²) in [5.41, 5.74) is 1.29. The zero-order chi connectivity index (χ0) is 15.6. The minimum Gasteiger partial charge on any atom is -0.495 e. The van der Waals surface area contributed by atoms with Crippen molar-refractivity contribution in [1.29, 1.82) is 0 Å². The van der Waals surface area contributed by atoms with Crippen molar-refractivity contribution in [3.63, 3.8) is 0 Å². The van der Waals surface area contributed by atoms with E-state index < -0.39 is 17.9 Å². The zero-order valence-electron chi connectivity index (χ0n) is 11.0. The second-order valence-electron chi connectivity index (χ2n) is 4.44. The Bertz CT molecular complexity index is 702. The van der Waals surface area contributed by atoms with Gasteiger partial charge in [0, 0.05) is 9.86 Å². The predicted molar refractivity (Wildman–Crippen MR) is 78.5 cm³/mol. The van der Waals surface area contributed by atoms with Crippen LogP contribution in [0.15, 0.2) is 28.9 Å². The van der Waals surface area contributed by atoms with Gasteiger partial charge in [0.15, 0.2) is 5.92 Å². The molecule has 110 valence electrons. The minimum atomic E-state index is -1.49. The number of rotatable bonds is 5. The first-order valence-corrected chi connectivity index (χ1v) is 6.79. The highest BCUT2D eigenvalue weighted by Gasteiger charge is 2.26. The summed E-state index contributed by atoms with van der Waals surface area (Å²) in [7, 11) is 1.52. The number of nitrogens with zero attached hydrogens (tertiary/aromatic N) is 1. The molecule has 0 spiro atoms. The fraction of sp³-hybridized carbons (Fsp3) is 0.214. The summed E-state index contributed by atoms with van der Waals surface area (Å²) >= 11 is 3.32. The first-order chi connectivity index (χ1) is 9.92. The highest BCUT2D eigenvalue weighted by molar-refractivity contribution is 9.10. The topological polar surface area (TPSA) is 96.7 Å². The Morgan fingerprint density at radius 2 is 1.95 bits per heavy atom. The molecule has 6 nitrogen and oxygen atoms in total. The Morgan fingerprint density at radius 1 is 1.29 bits per heavy atom. The number of benzene rings is 1. The van der Waals surface area contributed by atoms with Crippen LogP contribution in [-0.2, 0) is 16.0 Å². The number of halogens is 1. The van der Waals surface area contributed by atoms with Gasteiger partial charge in [0.05, 0.1) is 18.8 Å². The average Bonchev–Trinajstić information content (AvgIpc) is 2.43. The van der Waals surface area contributed by atoms with E-state index >= 15 is 0 Å². The Labute approximate surface area is 128 Å². The number of carbonyl (C=O) groups is 2. The molecule has 2 aromatic rings. The van der Waals surface area contributed by atoms with E-state index in [1.165, 1.54) is 7.11 Å². The number of hydrogen-bond acceptors (Lipinski definition) is 4.